The molecule has 2 saturated heterocycles. The number of hydrogen-bond donors (Lipinski definition) is 1. The molecule has 0 bridgehead atoms. The Morgan fingerprint density at radius 3 is 2.54 bits per heavy atom. The van der Waals surface area contributed by atoms with Gasteiger partial charge in [0.1, 0.15) is 12.7 Å². The number of carbonyl (C=O) groups is 2. The summed E-state index contributed by atoms with van der Waals surface area (Å²) >= 11 is 5.05. The summed E-state index contributed by atoms with van der Waals surface area (Å²) in [5.41, 5.74) is 1.44. The third-order valence-electron chi connectivity index (χ3n) is 4.02. The molecule has 0 saturated carbocycles. The molecule has 0 radical (unpaired) electrons. The highest BCUT2D eigenvalue weighted by Gasteiger charge is 2.32. The van der Waals surface area contributed by atoms with E-state index in [9.17, 15) is 9.59 Å². The molecule has 1 N–H and O–H groups in total. The van der Waals surface area contributed by atoms with Gasteiger partial charge in [-0.15, -0.1) is 0 Å². The predicted octanol–water partition coefficient (Wildman–Crippen LogP) is 2.27. The number of nitrogens with one attached hydrogen (secondary N) is 1. The molecule has 0 aromatic heterocycles. The normalized spacial score (nSPS) is 19.3. The van der Waals surface area contributed by atoms with Gasteiger partial charge in [-0.1, -0.05) is 6.92 Å². The van der Waals surface area contributed by atoms with E-state index in [1.807, 2.05) is 6.92 Å². The molecule has 2 aliphatic rings. The SMILES string of the molecule is CCCOC(=S)NC[C@H]1CN(c2ccc(N3CCOC3=O)cc2)C(=O)O1. The van der Waals surface area contributed by atoms with Crippen molar-refractivity contribution in [3.05, 3.63) is 24.3 Å². The van der Waals surface area contributed by atoms with E-state index in [0.29, 0.717) is 43.7 Å². The third-order valence-corrected chi connectivity index (χ3v) is 4.28. The maximum absolute atomic E-state index is 12.1. The summed E-state index contributed by atoms with van der Waals surface area (Å²) in [6.45, 7) is 4.27. The molecule has 2 aliphatic heterocycles. The number of hydrogen-bond acceptors (Lipinski definition) is 6. The standard InChI is InChI=1S/C17H21N3O5S/c1-2-8-23-15(26)18-10-14-11-20(17(22)25-14)13-5-3-12(4-6-13)19-7-9-24-16(19)21/h3-6,14H,2,7-11H2,1H3,(H,18,26)/t14-/m0/s1. The summed E-state index contributed by atoms with van der Waals surface area (Å²) in [5.74, 6) is 0. The molecule has 140 valence electrons. The highest BCUT2D eigenvalue weighted by atomic mass is 32.1. The number of carbonyl (C=O) groups excluding carboxylic acids is 2. The second kappa shape index (κ2) is 8.22. The fourth-order valence-electron chi connectivity index (χ4n) is 2.72. The molecule has 2 fully saturated rings. The zero-order valence-corrected chi connectivity index (χ0v) is 15.3. The van der Waals surface area contributed by atoms with Gasteiger partial charge < -0.3 is 19.5 Å². The van der Waals surface area contributed by atoms with Crippen molar-refractivity contribution in [2.75, 3.05) is 42.6 Å². The van der Waals surface area contributed by atoms with Gasteiger partial charge in [0, 0.05) is 11.4 Å². The van der Waals surface area contributed by atoms with Gasteiger partial charge in [-0.05, 0) is 42.9 Å². The monoisotopic (exact) mass is 379 g/mol. The molecule has 1 aromatic rings. The molecular formula is C17H21N3O5S. The zero-order chi connectivity index (χ0) is 18.5. The lowest BCUT2D eigenvalue weighted by molar-refractivity contribution is 0.141. The Balaban J connectivity index is 1.55. The number of benzene rings is 1. The van der Waals surface area contributed by atoms with E-state index in [2.05, 4.69) is 5.32 Å². The Morgan fingerprint density at radius 2 is 1.92 bits per heavy atom. The topological polar surface area (TPSA) is 80.3 Å². The van der Waals surface area contributed by atoms with Crippen LogP contribution in [-0.4, -0.2) is 56.3 Å². The van der Waals surface area contributed by atoms with Crippen LogP contribution in [0.1, 0.15) is 13.3 Å². The molecule has 26 heavy (non-hydrogen) atoms. The number of ether oxygens (including phenoxy) is 3. The lowest BCUT2D eigenvalue weighted by Gasteiger charge is -2.16. The van der Waals surface area contributed by atoms with E-state index in [1.165, 1.54) is 0 Å². The molecular weight excluding hydrogens is 358 g/mol. The Hall–Kier alpha value is -2.55. The Labute approximate surface area is 157 Å². The van der Waals surface area contributed by atoms with Gasteiger partial charge >= 0.3 is 12.2 Å². The van der Waals surface area contributed by atoms with E-state index in [4.69, 9.17) is 26.4 Å². The number of anilines is 2. The molecule has 0 unspecified atom stereocenters. The van der Waals surface area contributed by atoms with Gasteiger partial charge in [0.2, 0.25) is 0 Å². The summed E-state index contributed by atoms with van der Waals surface area (Å²) in [6, 6.07) is 7.14. The molecule has 1 aromatic carbocycles. The van der Waals surface area contributed by atoms with Crippen LogP contribution in [0.4, 0.5) is 21.0 Å². The molecule has 9 heteroatoms. The average molecular weight is 379 g/mol. The first-order valence-electron chi connectivity index (χ1n) is 8.51. The Kier molecular flexibility index (Phi) is 5.77. The average Bonchev–Trinajstić information content (AvgIpc) is 3.24. The quantitative estimate of drug-likeness (QED) is 0.760. The largest absolute Gasteiger partial charge is 0.471 e. The van der Waals surface area contributed by atoms with Gasteiger partial charge in [0.25, 0.3) is 5.17 Å². The van der Waals surface area contributed by atoms with E-state index < -0.39 is 6.09 Å². The molecule has 8 nitrogen and oxygen atoms in total. The zero-order valence-electron chi connectivity index (χ0n) is 14.5. The fourth-order valence-corrected chi connectivity index (χ4v) is 2.89. The van der Waals surface area contributed by atoms with Crippen molar-refractivity contribution in [2.45, 2.75) is 19.4 Å². The first-order valence-corrected chi connectivity index (χ1v) is 8.92. The van der Waals surface area contributed by atoms with Crippen molar-refractivity contribution in [3.8, 4) is 0 Å². The van der Waals surface area contributed by atoms with Crippen LogP contribution in [0.15, 0.2) is 24.3 Å². The maximum Gasteiger partial charge on any atom is 0.414 e. The van der Waals surface area contributed by atoms with Gasteiger partial charge in [-0.2, -0.15) is 0 Å². The van der Waals surface area contributed by atoms with Crippen molar-refractivity contribution in [3.63, 3.8) is 0 Å². The van der Waals surface area contributed by atoms with Crippen LogP contribution in [-0.2, 0) is 14.2 Å². The highest BCUT2D eigenvalue weighted by molar-refractivity contribution is 7.80. The number of amides is 2. The van der Waals surface area contributed by atoms with Crippen molar-refractivity contribution in [1.82, 2.24) is 5.32 Å². The van der Waals surface area contributed by atoms with Crippen LogP contribution in [0.5, 0.6) is 0 Å². The molecule has 0 spiro atoms. The first-order chi connectivity index (χ1) is 12.6. The molecule has 2 amide bonds. The van der Waals surface area contributed by atoms with E-state index >= 15 is 0 Å². The van der Waals surface area contributed by atoms with Gasteiger partial charge in [-0.25, -0.2) is 9.59 Å². The van der Waals surface area contributed by atoms with Crippen molar-refractivity contribution < 1.29 is 23.8 Å². The minimum atomic E-state index is -0.412. The molecule has 2 heterocycles. The van der Waals surface area contributed by atoms with Crippen molar-refractivity contribution in [1.29, 1.82) is 0 Å². The molecule has 3 rings (SSSR count). The lowest BCUT2D eigenvalue weighted by Crippen LogP contribution is -2.35. The van der Waals surface area contributed by atoms with E-state index in [1.54, 1.807) is 34.1 Å². The summed E-state index contributed by atoms with van der Waals surface area (Å²) in [6.07, 6.45) is -0.214. The number of rotatable bonds is 6. The van der Waals surface area contributed by atoms with Crippen LogP contribution in [0, 0.1) is 0 Å². The number of thiocarbonyl (C=S) groups is 1. The molecule has 0 aliphatic carbocycles. The molecule has 1 atom stereocenters. The lowest BCUT2D eigenvalue weighted by atomic mass is 10.2. The van der Waals surface area contributed by atoms with Gasteiger partial charge in [0.15, 0.2) is 0 Å². The van der Waals surface area contributed by atoms with Crippen LogP contribution < -0.4 is 15.1 Å². The fraction of sp³-hybridized carbons (Fsp3) is 0.471. The van der Waals surface area contributed by atoms with Gasteiger partial charge in [0.05, 0.1) is 26.2 Å². The Bertz CT molecular complexity index is 681. The maximum atomic E-state index is 12.1. The minimum Gasteiger partial charge on any atom is -0.471 e. The van der Waals surface area contributed by atoms with Crippen molar-refractivity contribution in [2.24, 2.45) is 0 Å². The smallest absolute Gasteiger partial charge is 0.414 e. The highest BCUT2D eigenvalue weighted by Crippen LogP contribution is 2.26. The summed E-state index contributed by atoms with van der Waals surface area (Å²) in [4.78, 5) is 26.8. The predicted molar refractivity (Wildman–Crippen MR) is 99.6 cm³/mol. The minimum absolute atomic E-state index is 0.309. The van der Waals surface area contributed by atoms with Crippen LogP contribution in [0.25, 0.3) is 0 Å². The van der Waals surface area contributed by atoms with E-state index in [0.717, 1.165) is 12.1 Å². The second-order valence-corrected chi connectivity index (χ2v) is 6.29. The summed E-state index contributed by atoms with van der Waals surface area (Å²) in [7, 11) is 0. The van der Waals surface area contributed by atoms with Crippen molar-refractivity contribution >= 4 is 41.0 Å². The Morgan fingerprint density at radius 1 is 1.23 bits per heavy atom. The van der Waals surface area contributed by atoms with Crippen LogP contribution in [0.2, 0.25) is 0 Å². The summed E-state index contributed by atoms with van der Waals surface area (Å²) in [5, 5.41) is 3.26. The van der Waals surface area contributed by atoms with Crippen LogP contribution in [0.3, 0.4) is 0 Å². The van der Waals surface area contributed by atoms with Crippen LogP contribution >= 0.6 is 12.2 Å². The third kappa shape index (κ3) is 4.16. The number of cyclic esters (lactones) is 2. The summed E-state index contributed by atoms with van der Waals surface area (Å²) < 4.78 is 15.6. The second-order valence-electron chi connectivity index (χ2n) is 5.92. The van der Waals surface area contributed by atoms with E-state index in [-0.39, 0.29) is 12.2 Å². The first kappa shape index (κ1) is 18.2. The number of nitrogens with zero attached hydrogens (tertiary/aromatic N) is 2. The van der Waals surface area contributed by atoms with Gasteiger partial charge in [-0.3, -0.25) is 9.80 Å².